The molecule has 13 heavy (non-hydrogen) atoms. The topological polar surface area (TPSA) is 29.5 Å². The largest absolute Gasteiger partial charge is 0.464 e. The Bertz CT molecular complexity index is 323. The molecule has 3 rings (SSSR count). The number of nitrogens with zero attached hydrogens (tertiary/aromatic N) is 1. The summed E-state index contributed by atoms with van der Waals surface area (Å²) in [5, 5.41) is 0. The molecule has 2 fully saturated rings. The highest BCUT2D eigenvalue weighted by Crippen LogP contribution is 2.67. The van der Waals surface area contributed by atoms with Crippen molar-refractivity contribution >= 4 is 5.97 Å². The van der Waals surface area contributed by atoms with Crippen LogP contribution in [0.25, 0.3) is 0 Å². The Labute approximate surface area is 77.4 Å². The van der Waals surface area contributed by atoms with Crippen molar-refractivity contribution in [3.05, 3.63) is 11.8 Å². The maximum Gasteiger partial charge on any atom is 0.354 e. The second-order valence-electron chi connectivity index (χ2n) is 4.46. The zero-order chi connectivity index (χ0) is 9.22. The van der Waals surface area contributed by atoms with E-state index in [1.807, 2.05) is 0 Å². The van der Waals surface area contributed by atoms with Gasteiger partial charge >= 0.3 is 5.97 Å². The van der Waals surface area contributed by atoms with Crippen molar-refractivity contribution in [1.82, 2.24) is 4.90 Å². The quantitative estimate of drug-likeness (QED) is 0.557. The van der Waals surface area contributed by atoms with Gasteiger partial charge in [0.2, 0.25) is 0 Å². The Morgan fingerprint density at radius 2 is 2.54 bits per heavy atom. The maximum atomic E-state index is 11.3. The third-order valence-corrected chi connectivity index (χ3v) is 3.94. The van der Waals surface area contributed by atoms with Crippen molar-refractivity contribution in [1.29, 1.82) is 0 Å². The summed E-state index contributed by atoms with van der Waals surface area (Å²) in [4.78, 5) is 13.6. The fourth-order valence-corrected chi connectivity index (χ4v) is 3.05. The molecule has 0 amide bonds. The van der Waals surface area contributed by atoms with Gasteiger partial charge in [0.25, 0.3) is 0 Å². The maximum absolute atomic E-state index is 11.3. The Balaban J connectivity index is 1.92. The van der Waals surface area contributed by atoms with Crippen LogP contribution < -0.4 is 0 Å². The van der Waals surface area contributed by atoms with Gasteiger partial charge in [0.15, 0.2) is 0 Å². The van der Waals surface area contributed by atoms with Gasteiger partial charge < -0.3 is 9.64 Å². The summed E-state index contributed by atoms with van der Waals surface area (Å²) in [5.41, 5.74) is 1.28. The summed E-state index contributed by atoms with van der Waals surface area (Å²) in [6.45, 7) is 3.34. The zero-order valence-electron chi connectivity index (χ0n) is 7.91. The molecule has 0 aromatic rings. The summed E-state index contributed by atoms with van der Waals surface area (Å²) < 4.78 is 4.74. The third kappa shape index (κ3) is 0.653. The number of carbonyl (C=O) groups excluding carboxylic acids is 1. The van der Waals surface area contributed by atoms with E-state index in [1.54, 1.807) is 0 Å². The van der Waals surface area contributed by atoms with Gasteiger partial charge in [0.05, 0.1) is 7.11 Å². The smallest absolute Gasteiger partial charge is 0.354 e. The van der Waals surface area contributed by atoms with E-state index in [-0.39, 0.29) is 5.97 Å². The lowest BCUT2D eigenvalue weighted by atomic mass is 10.0. The Morgan fingerprint density at radius 1 is 1.77 bits per heavy atom. The van der Waals surface area contributed by atoms with E-state index < -0.39 is 0 Å². The molecule has 3 atom stereocenters. The predicted molar refractivity (Wildman–Crippen MR) is 46.8 cm³/mol. The number of esters is 1. The molecule has 0 unspecified atom stereocenters. The van der Waals surface area contributed by atoms with Gasteiger partial charge in [-0.1, -0.05) is 6.92 Å². The standard InChI is InChI=1S/C10H13NO2/c1-10-3-4-11-7(9(12)13-2)5-6(10)8(10)11/h5-6,8H,3-4H2,1-2H3/t6-,8+,10-/m0/s1. The van der Waals surface area contributed by atoms with Crippen molar-refractivity contribution in [3.8, 4) is 0 Å². The highest BCUT2D eigenvalue weighted by atomic mass is 16.5. The number of hydrogen-bond acceptors (Lipinski definition) is 3. The van der Waals surface area contributed by atoms with Crippen molar-refractivity contribution in [2.75, 3.05) is 13.7 Å². The molecule has 0 N–H and O–H groups in total. The van der Waals surface area contributed by atoms with Gasteiger partial charge in [-0.05, 0) is 17.9 Å². The van der Waals surface area contributed by atoms with E-state index in [9.17, 15) is 4.79 Å². The van der Waals surface area contributed by atoms with Crippen LogP contribution in [-0.4, -0.2) is 30.6 Å². The summed E-state index contributed by atoms with van der Waals surface area (Å²) in [6.07, 6.45) is 3.32. The molecule has 0 aromatic carbocycles. The van der Waals surface area contributed by atoms with E-state index in [1.165, 1.54) is 13.5 Å². The number of carbonyl (C=O) groups is 1. The van der Waals surface area contributed by atoms with Crippen molar-refractivity contribution in [3.63, 3.8) is 0 Å². The van der Waals surface area contributed by atoms with Crippen LogP contribution >= 0.6 is 0 Å². The lowest BCUT2D eigenvalue weighted by Gasteiger charge is -2.17. The second kappa shape index (κ2) is 1.91. The molecule has 1 aliphatic carbocycles. The molecule has 1 saturated carbocycles. The number of rotatable bonds is 1. The summed E-state index contributed by atoms with van der Waals surface area (Å²) in [6, 6.07) is 0.613. The van der Waals surface area contributed by atoms with Crippen LogP contribution in [0, 0.1) is 11.3 Å². The fourth-order valence-electron chi connectivity index (χ4n) is 3.05. The predicted octanol–water partition coefficient (Wildman–Crippen LogP) is 0.767. The van der Waals surface area contributed by atoms with Crippen LogP contribution in [0.2, 0.25) is 0 Å². The molecule has 3 heteroatoms. The molecule has 2 heterocycles. The van der Waals surface area contributed by atoms with Crippen LogP contribution in [0.5, 0.6) is 0 Å². The molecule has 0 aromatic heterocycles. The van der Waals surface area contributed by atoms with Gasteiger partial charge in [-0.3, -0.25) is 0 Å². The summed E-state index contributed by atoms with van der Waals surface area (Å²) in [5.74, 6) is 0.451. The fraction of sp³-hybridized carbons (Fsp3) is 0.700. The molecule has 1 saturated heterocycles. The molecule has 2 aliphatic heterocycles. The van der Waals surface area contributed by atoms with Gasteiger partial charge in [-0.15, -0.1) is 0 Å². The first-order chi connectivity index (χ1) is 6.18. The van der Waals surface area contributed by atoms with E-state index in [4.69, 9.17) is 4.74 Å². The van der Waals surface area contributed by atoms with E-state index in [0.717, 1.165) is 12.2 Å². The van der Waals surface area contributed by atoms with Gasteiger partial charge in [0.1, 0.15) is 5.70 Å². The van der Waals surface area contributed by atoms with Crippen LogP contribution in [-0.2, 0) is 9.53 Å². The summed E-state index contributed by atoms with van der Waals surface area (Å²) in [7, 11) is 1.45. The first kappa shape index (κ1) is 7.42. The molecule has 3 aliphatic rings. The molecule has 0 bridgehead atoms. The number of hydrogen-bond donors (Lipinski definition) is 0. The lowest BCUT2D eigenvalue weighted by Crippen LogP contribution is -2.25. The minimum absolute atomic E-state index is 0.170. The van der Waals surface area contributed by atoms with Crippen molar-refractivity contribution in [2.24, 2.45) is 11.3 Å². The van der Waals surface area contributed by atoms with Gasteiger partial charge in [-0.2, -0.15) is 0 Å². The minimum atomic E-state index is -0.170. The second-order valence-corrected chi connectivity index (χ2v) is 4.46. The average molecular weight is 179 g/mol. The lowest BCUT2D eigenvalue weighted by molar-refractivity contribution is -0.137. The Hall–Kier alpha value is -0.990. The highest BCUT2D eigenvalue weighted by molar-refractivity contribution is 5.89. The Kier molecular flexibility index (Phi) is 1.09. The van der Waals surface area contributed by atoms with Crippen molar-refractivity contribution in [2.45, 2.75) is 19.4 Å². The monoisotopic (exact) mass is 179 g/mol. The molecule has 0 spiro atoms. The average Bonchev–Trinajstić information content (AvgIpc) is 2.50. The first-order valence-corrected chi connectivity index (χ1v) is 4.75. The van der Waals surface area contributed by atoms with Crippen molar-refractivity contribution < 1.29 is 9.53 Å². The Morgan fingerprint density at radius 3 is 3.15 bits per heavy atom. The normalized spacial score (nSPS) is 44.5. The SMILES string of the molecule is COC(=O)C1=C[C@H]2[C@H]3N1CC[C@@]23C. The number of piperidine rings is 1. The zero-order valence-corrected chi connectivity index (χ0v) is 7.91. The van der Waals surface area contributed by atoms with Crippen LogP contribution in [0.4, 0.5) is 0 Å². The number of methoxy groups -OCH3 is 1. The molecule has 70 valence electrons. The van der Waals surface area contributed by atoms with Gasteiger partial charge in [-0.25, -0.2) is 4.79 Å². The van der Waals surface area contributed by atoms with Gasteiger partial charge in [0, 0.05) is 18.5 Å². The van der Waals surface area contributed by atoms with E-state index in [2.05, 4.69) is 17.9 Å². The molecule has 0 radical (unpaired) electrons. The van der Waals surface area contributed by atoms with E-state index >= 15 is 0 Å². The molecular formula is C10H13NO2. The number of fused-ring (bicyclic) bond motifs is 1. The first-order valence-electron chi connectivity index (χ1n) is 4.75. The van der Waals surface area contributed by atoms with Crippen LogP contribution in [0.3, 0.4) is 0 Å². The van der Waals surface area contributed by atoms with Crippen LogP contribution in [0.1, 0.15) is 13.3 Å². The highest BCUT2D eigenvalue weighted by Gasteiger charge is 2.70. The van der Waals surface area contributed by atoms with E-state index in [0.29, 0.717) is 17.4 Å². The summed E-state index contributed by atoms with van der Waals surface area (Å²) >= 11 is 0. The molecular weight excluding hydrogens is 166 g/mol. The third-order valence-electron chi connectivity index (χ3n) is 3.94. The number of ether oxygens (including phenoxy) is 1. The molecule has 3 nitrogen and oxygen atoms in total. The van der Waals surface area contributed by atoms with Crippen LogP contribution in [0.15, 0.2) is 11.8 Å². The minimum Gasteiger partial charge on any atom is -0.464 e.